The molecule has 1 aromatic carbocycles. The molecule has 0 atom stereocenters. The lowest BCUT2D eigenvalue weighted by Crippen LogP contribution is -2.14. The summed E-state index contributed by atoms with van der Waals surface area (Å²) in [5.41, 5.74) is -0.453. The third-order valence-corrected chi connectivity index (χ3v) is 2.62. The fourth-order valence-electron chi connectivity index (χ4n) is 1.27. The predicted octanol–water partition coefficient (Wildman–Crippen LogP) is 1.44. The van der Waals surface area contributed by atoms with Gasteiger partial charge in [0.1, 0.15) is 11.3 Å². The number of phenols is 1. The Bertz CT molecular complexity index is 482. The number of Topliss-reactive ketones (excluding diaryl/α,β-unsaturated/α-hetero) is 1. The lowest BCUT2D eigenvalue weighted by molar-refractivity contribution is -0.131. The molecule has 0 spiro atoms. The van der Waals surface area contributed by atoms with Crippen LogP contribution >= 0.6 is 15.9 Å². The summed E-state index contributed by atoms with van der Waals surface area (Å²) < 4.78 is 9.95. The van der Waals surface area contributed by atoms with E-state index < -0.39 is 23.1 Å². The van der Waals surface area contributed by atoms with Crippen LogP contribution in [0, 0.1) is 0 Å². The largest absolute Gasteiger partial charge is 0.506 e. The first kappa shape index (κ1) is 13.3. The second kappa shape index (κ2) is 5.05. The molecule has 0 heterocycles. The maximum Gasteiger partial charge on any atom is 0.377 e. The Labute approximate surface area is 105 Å². The molecule has 0 aromatic heterocycles. The van der Waals surface area contributed by atoms with Crippen LogP contribution in [0.3, 0.4) is 0 Å². The highest BCUT2D eigenvalue weighted by Crippen LogP contribution is 2.42. The minimum atomic E-state index is -1.70. The van der Waals surface area contributed by atoms with Crippen LogP contribution in [0.2, 0.25) is 0 Å². The number of carbonyl (C=O) groups excluding carboxylic acids is 1. The van der Waals surface area contributed by atoms with Gasteiger partial charge in [-0.3, -0.25) is 4.79 Å². The number of ether oxygens (including phenoxy) is 2. The molecule has 2 N–H and O–H groups in total. The number of hydrogen-bond acceptors (Lipinski definition) is 5. The molecule has 0 bridgehead atoms. The van der Waals surface area contributed by atoms with E-state index in [1.165, 1.54) is 20.3 Å². The smallest absolute Gasteiger partial charge is 0.377 e. The highest BCUT2D eigenvalue weighted by Gasteiger charge is 2.28. The molecule has 17 heavy (non-hydrogen) atoms. The van der Waals surface area contributed by atoms with Gasteiger partial charge in [-0.1, -0.05) is 0 Å². The van der Waals surface area contributed by atoms with E-state index in [9.17, 15) is 14.7 Å². The number of aliphatic carboxylic acids is 1. The first-order valence-electron chi connectivity index (χ1n) is 4.35. The van der Waals surface area contributed by atoms with Crippen molar-refractivity contribution in [1.82, 2.24) is 0 Å². The molecule has 0 fully saturated rings. The zero-order valence-electron chi connectivity index (χ0n) is 8.98. The van der Waals surface area contributed by atoms with E-state index in [4.69, 9.17) is 14.6 Å². The lowest BCUT2D eigenvalue weighted by atomic mass is 10.1. The highest BCUT2D eigenvalue weighted by atomic mass is 79.9. The van der Waals surface area contributed by atoms with Gasteiger partial charge >= 0.3 is 5.97 Å². The zero-order chi connectivity index (χ0) is 13.2. The van der Waals surface area contributed by atoms with Crippen molar-refractivity contribution in [2.24, 2.45) is 0 Å². The van der Waals surface area contributed by atoms with Gasteiger partial charge in [0.15, 0.2) is 11.5 Å². The molecule has 92 valence electrons. The number of carboxylic acid groups (broad SMARTS) is 1. The first-order valence-corrected chi connectivity index (χ1v) is 5.14. The Morgan fingerprint density at radius 2 is 1.88 bits per heavy atom. The van der Waals surface area contributed by atoms with E-state index in [-0.39, 0.29) is 16.0 Å². The van der Waals surface area contributed by atoms with Crippen LogP contribution in [0.5, 0.6) is 17.2 Å². The first-order chi connectivity index (χ1) is 7.93. The summed E-state index contributed by atoms with van der Waals surface area (Å²) in [6, 6.07) is 1.37. The zero-order valence-corrected chi connectivity index (χ0v) is 10.6. The van der Waals surface area contributed by atoms with E-state index in [1.807, 2.05) is 0 Å². The SMILES string of the molecule is COc1cc(Br)c(O)c(C(=O)C(=O)O)c1OC. The molecule has 1 aromatic rings. The van der Waals surface area contributed by atoms with Crippen molar-refractivity contribution < 1.29 is 29.3 Å². The van der Waals surface area contributed by atoms with E-state index in [0.29, 0.717) is 0 Å². The summed E-state index contributed by atoms with van der Waals surface area (Å²) in [5.74, 6) is -3.46. The second-order valence-electron chi connectivity index (χ2n) is 2.95. The van der Waals surface area contributed by atoms with E-state index in [0.717, 1.165) is 0 Å². The van der Waals surface area contributed by atoms with Crippen molar-refractivity contribution in [1.29, 1.82) is 0 Å². The number of aromatic hydroxyl groups is 1. The van der Waals surface area contributed by atoms with Gasteiger partial charge in [-0.05, 0) is 15.9 Å². The summed E-state index contributed by atoms with van der Waals surface area (Å²) in [6.45, 7) is 0. The molecule has 0 saturated heterocycles. The number of halogens is 1. The van der Waals surface area contributed by atoms with Gasteiger partial charge in [0.2, 0.25) is 0 Å². The van der Waals surface area contributed by atoms with Crippen molar-refractivity contribution in [3.05, 3.63) is 16.1 Å². The number of rotatable bonds is 4. The standard InChI is InChI=1S/C10H9BrO6/c1-16-5-3-4(11)7(12)6(9(5)17-2)8(13)10(14)15/h3,12H,1-2H3,(H,14,15). The second-order valence-corrected chi connectivity index (χ2v) is 3.81. The van der Waals surface area contributed by atoms with Crippen molar-refractivity contribution in [3.8, 4) is 17.2 Å². The molecule has 0 radical (unpaired) electrons. The molecule has 0 aliphatic heterocycles. The van der Waals surface area contributed by atoms with Crippen LogP contribution in [0.1, 0.15) is 10.4 Å². The molecule has 7 heteroatoms. The van der Waals surface area contributed by atoms with Crippen LogP contribution in [-0.2, 0) is 4.79 Å². The third-order valence-electron chi connectivity index (χ3n) is 2.02. The molecular formula is C10H9BrO6. The van der Waals surface area contributed by atoms with Crippen molar-refractivity contribution in [2.75, 3.05) is 14.2 Å². The highest BCUT2D eigenvalue weighted by molar-refractivity contribution is 9.10. The van der Waals surface area contributed by atoms with Gasteiger partial charge in [0.25, 0.3) is 5.78 Å². The van der Waals surface area contributed by atoms with Gasteiger partial charge in [-0.2, -0.15) is 0 Å². The molecule has 0 saturated carbocycles. The number of carbonyl (C=O) groups is 2. The minimum Gasteiger partial charge on any atom is -0.506 e. The fraction of sp³-hybridized carbons (Fsp3) is 0.200. The number of methoxy groups -OCH3 is 2. The predicted molar refractivity (Wildman–Crippen MR) is 60.9 cm³/mol. The Balaban J connectivity index is 3.60. The Morgan fingerprint density at radius 3 is 2.29 bits per heavy atom. The normalized spacial score (nSPS) is 9.82. The lowest BCUT2D eigenvalue weighted by Gasteiger charge is -2.13. The van der Waals surface area contributed by atoms with Crippen molar-refractivity contribution in [3.63, 3.8) is 0 Å². The molecule has 1 rings (SSSR count). The Kier molecular flexibility index (Phi) is 3.95. The Morgan fingerprint density at radius 1 is 1.29 bits per heavy atom. The van der Waals surface area contributed by atoms with Gasteiger partial charge in [-0.15, -0.1) is 0 Å². The van der Waals surface area contributed by atoms with E-state index in [1.54, 1.807) is 0 Å². The van der Waals surface area contributed by atoms with Crippen molar-refractivity contribution in [2.45, 2.75) is 0 Å². The summed E-state index contributed by atoms with van der Waals surface area (Å²) in [6.07, 6.45) is 0. The average molecular weight is 305 g/mol. The van der Waals surface area contributed by atoms with Crippen LogP contribution in [-0.4, -0.2) is 36.2 Å². The molecule has 0 unspecified atom stereocenters. The van der Waals surface area contributed by atoms with Gasteiger partial charge in [0, 0.05) is 6.07 Å². The third kappa shape index (κ3) is 2.33. The van der Waals surface area contributed by atoms with Gasteiger partial charge in [-0.25, -0.2) is 4.79 Å². The molecule has 0 aliphatic rings. The van der Waals surface area contributed by atoms with Crippen LogP contribution in [0.4, 0.5) is 0 Å². The Hall–Kier alpha value is -1.76. The van der Waals surface area contributed by atoms with Crippen LogP contribution in [0.15, 0.2) is 10.5 Å². The monoisotopic (exact) mass is 304 g/mol. The van der Waals surface area contributed by atoms with E-state index in [2.05, 4.69) is 15.9 Å². The summed E-state index contributed by atoms with van der Waals surface area (Å²) in [7, 11) is 2.57. The molecule has 0 amide bonds. The quantitative estimate of drug-likeness (QED) is 0.646. The van der Waals surface area contributed by atoms with Crippen molar-refractivity contribution >= 4 is 27.7 Å². The molecule has 0 aliphatic carbocycles. The van der Waals surface area contributed by atoms with Crippen LogP contribution < -0.4 is 9.47 Å². The number of ketones is 1. The van der Waals surface area contributed by atoms with Crippen LogP contribution in [0.25, 0.3) is 0 Å². The summed E-state index contributed by atoms with van der Waals surface area (Å²) >= 11 is 2.99. The number of phenolic OH excluding ortho intramolecular Hbond substituents is 1. The maximum absolute atomic E-state index is 11.4. The number of carboxylic acids is 1. The summed E-state index contributed by atoms with van der Waals surface area (Å²) in [5, 5.41) is 18.3. The minimum absolute atomic E-state index is 0.124. The van der Waals surface area contributed by atoms with E-state index >= 15 is 0 Å². The maximum atomic E-state index is 11.4. The topological polar surface area (TPSA) is 93.1 Å². The number of benzene rings is 1. The molecule has 6 nitrogen and oxygen atoms in total. The van der Waals surface area contributed by atoms with Gasteiger partial charge < -0.3 is 19.7 Å². The molecular weight excluding hydrogens is 296 g/mol. The average Bonchev–Trinajstić information content (AvgIpc) is 2.30. The fourth-order valence-corrected chi connectivity index (χ4v) is 1.68. The summed E-state index contributed by atoms with van der Waals surface area (Å²) in [4.78, 5) is 22.1. The number of hydrogen-bond donors (Lipinski definition) is 2. The van der Waals surface area contributed by atoms with Gasteiger partial charge in [0.05, 0.1) is 18.7 Å².